The molecular formula is C12H19N3O2. The molecule has 1 aromatic rings. The van der Waals surface area contributed by atoms with E-state index >= 15 is 0 Å². The van der Waals surface area contributed by atoms with Gasteiger partial charge in [0.1, 0.15) is 11.8 Å². The smallest absolute Gasteiger partial charge is 0.244 e. The van der Waals surface area contributed by atoms with Crippen LogP contribution in [0.5, 0.6) is 5.75 Å². The van der Waals surface area contributed by atoms with Gasteiger partial charge in [-0.05, 0) is 13.0 Å². The number of hydrogen-bond donors (Lipinski definition) is 2. The molecular weight excluding hydrogens is 218 g/mol. The summed E-state index contributed by atoms with van der Waals surface area (Å²) in [5.74, 6) is 0.670. The number of rotatable bonds is 4. The van der Waals surface area contributed by atoms with Gasteiger partial charge in [-0.25, -0.2) is 0 Å². The van der Waals surface area contributed by atoms with Crippen molar-refractivity contribution in [1.29, 1.82) is 0 Å². The lowest BCUT2D eigenvalue weighted by Crippen LogP contribution is -2.36. The first kappa shape index (κ1) is 13.2. The van der Waals surface area contributed by atoms with Gasteiger partial charge in [-0.3, -0.25) is 4.79 Å². The van der Waals surface area contributed by atoms with Crippen LogP contribution < -0.4 is 15.8 Å². The molecule has 0 fully saturated rings. The van der Waals surface area contributed by atoms with Crippen LogP contribution in [-0.2, 0) is 4.79 Å². The molecule has 1 amide bonds. The second-order valence-corrected chi connectivity index (χ2v) is 4.09. The van der Waals surface area contributed by atoms with Crippen LogP contribution in [-0.4, -0.2) is 38.1 Å². The quantitative estimate of drug-likeness (QED) is 0.771. The molecule has 0 aliphatic carbocycles. The molecule has 1 rings (SSSR count). The predicted molar refractivity (Wildman–Crippen MR) is 69.2 cm³/mol. The number of carbonyl (C=O) groups is 1. The molecule has 0 heterocycles. The summed E-state index contributed by atoms with van der Waals surface area (Å²) in [6.45, 7) is 1.80. The van der Waals surface area contributed by atoms with Crippen molar-refractivity contribution >= 4 is 17.3 Å². The summed E-state index contributed by atoms with van der Waals surface area (Å²) in [6, 6.07) is 4.98. The van der Waals surface area contributed by atoms with Gasteiger partial charge in [0.25, 0.3) is 0 Å². The first-order chi connectivity index (χ1) is 7.93. The molecule has 1 atom stereocenters. The molecule has 5 heteroatoms. The number of nitrogen functional groups attached to an aromatic ring is 1. The number of ether oxygens (including phenoxy) is 1. The second-order valence-electron chi connectivity index (χ2n) is 4.09. The van der Waals surface area contributed by atoms with E-state index in [1.165, 1.54) is 0 Å². The summed E-state index contributed by atoms with van der Waals surface area (Å²) in [5.41, 5.74) is 7.09. The van der Waals surface area contributed by atoms with E-state index in [9.17, 15) is 4.79 Å². The van der Waals surface area contributed by atoms with Crippen molar-refractivity contribution in [3.63, 3.8) is 0 Å². The third-order valence-corrected chi connectivity index (χ3v) is 2.36. The Morgan fingerprint density at radius 1 is 1.41 bits per heavy atom. The average Bonchev–Trinajstić information content (AvgIpc) is 2.26. The number of amides is 1. The molecule has 0 aliphatic rings. The van der Waals surface area contributed by atoms with Crippen LogP contribution in [0.2, 0.25) is 0 Å². The molecule has 0 spiro atoms. The highest BCUT2D eigenvalue weighted by molar-refractivity contribution is 5.84. The SMILES string of the molecule is COc1cc(N)cc(NC(C)C(=O)N(C)C)c1. The first-order valence-corrected chi connectivity index (χ1v) is 5.36. The van der Waals surface area contributed by atoms with E-state index in [-0.39, 0.29) is 11.9 Å². The lowest BCUT2D eigenvalue weighted by Gasteiger charge is -2.19. The highest BCUT2D eigenvalue weighted by atomic mass is 16.5. The molecule has 1 aromatic carbocycles. The summed E-state index contributed by atoms with van der Waals surface area (Å²) in [5, 5.41) is 3.09. The van der Waals surface area contributed by atoms with Crippen molar-refractivity contribution in [1.82, 2.24) is 4.90 Å². The number of nitrogens with zero attached hydrogens (tertiary/aromatic N) is 1. The molecule has 0 radical (unpaired) electrons. The van der Waals surface area contributed by atoms with E-state index in [1.54, 1.807) is 51.2 Å². The first-order valence-electron chi connectivity index (χ1n) is 5.36. The van der Waals surface area contributed by atoms with E-state index in [0.29, 0.717) is 11.4 Å². The minimum atomic E-state index is -0.309. The third-order valence-electron chi connectivity index (χ3n) is 2.36. The average molecular weight is 237 g/mol. The van der Waals surface area contributed by atoms with Gasteiger partial charge in [0, 0.05) is 37.6 Å². The fourth-order valence-electron chi connectivity index (χ4n) is 1.52. The van der Waals surface area contributed by atoms with Gasteiger partial charge >= 0.3 is 0 Å². The van der Waals surface area contributed by atoms with Crippen molar-refractivity contribution < 1.29 is 9.53 Å². The zero-order valence-corrected chi connectivity index (χ0v) is 10.7. The van der Waals surface area contributed by atoms with Crippen LogP contribution in [0.4, 0.5) is 11.4 Å². The number of methoxy groups -OCH3 is 1. The normalized spacial score (nSPS) is 11.8. The molecule has 0 bridgehead atoms. The van der Waals surface area contributed by atoms with Crippen LogP contribution in [0.3, 0.4) is 0 Å². The van der Waals surface area contributed by atoms with Crippen LogP contribution in [0.25, 0.3) is 0 Å². The predicted octanol–water partition coefficient (Wildman–Crippen LogP) is 1.17. The lowest BCUT2D eigenvalue weighted by atomic mass is 10.2. The van der Waals surface area contributed by atoms with Crippen molar-refractivity contribution in [2.75, 3.05) is 32.3 Å². The van der Waals surface area contributed by atoms with Gasteiger partial charge in [-0.15, -0.1) is 0 Å². The minimum absolute atomic E-state index is 0.00592. The largest absolute Gasteiger partial charge is 0.497 e. The molecule has 0 aliphatic heterocycles. The Bertz CT molecular complexity index is 405. The molecule has 5 nitrogen and oxygen atoms in total. The monoisotopic (exact) mass is 237 g/mol. The van der Waals surface area contributed by atoms with Crippen LogP contribution in [0.1, 0.15) is 6.92 Å². The molecule has 0 saturated carbocycles. The summed E-state index contributed by atoms with van der Waals surface area (Å²) in [6.07, 6.45) is 0. The summed E-state index contributed by atoms with van der Waals surface area (Å²) in [7, 11) is 5.02. The van der Waals surface area contributed by atoms with Crippen molar-refractivity contribution in [2.24, 2.45) is 0 Å². The summed E-state index contributed by atoms with van der Waals surface area (Å²) >= 11 is 0. The van der Waals surface area contributed by atoms with E-state index in [1.807, 2.05) is 0 Å². The van der Waals surface area contributed by atoms with E-state index in [2.05, 4.69) is 5.32 Å². The Balaban J connectivity index is 2.81. The Morgan fingerprint density at radius 3 is 2.59 bits per heavy atom. The molecule has 17 heavy (non-hydrogen) atoms. The molecule has 94 valence electrons. The number of benzene rings is 1. The van der Waals surface area contributed by atoms with E-state index in [0.717, 1.165) is 5.69 Å². The number of nitrogens with one attached hydrogen (secondary N) is 1. The van der Waals surface area contributed by atoms with Crippen molar-refractivity contribution in [3.8, 4) is 5.75 Å². The maximum absolute atomic E-state index is 11.7. The maximum Gasteiger partial charge on any atom is 0.244 e. The zero-order chi connectivity index (χ0) is 13.0. The Hall–Kier alpha value is -1.91. The maximum atomic E-state index is 11.7. The highest BCUT2D eigenvalue weighted by Crippen LogP contribution is 2.22. The van der Waals surface area contributed by atoms with Gasteiger partial charge in [-0.1, -0.05) is 0 Å². The van der Waals surface area contributed by atoms with E-state index in [4.69, 9.17) is 10.5 Å². The van der Waals surface area contributed by atoms with Crippen molar-refractivity contribution in [3.05, 3.63) is 18.2 Å². The fourth-order valence-corrected chi connectivity index (χ4v) is 1.52. The number of hydrogen-bond acceptors (Lipinski definition) is 4. The molecule has 1 unspecified atom stereocenters. The van der Waals surface area contributed by atoms with Gasteiger partial charge in [-0.2, -0.15) is 0 Å². The van der Waals surface area contributed by atoms with Crippen LogP contribution >= 0.6 is 0 Å². The Kier molecular flexibility index (Phi) is 4.20. The number of likely N-dealkylation sites (N-methyl/N-ethyl adjacent to an activating group) is 1. The number of nitrogens with two attached hydrogens (primary N) is 1. The Labute approximate surface area is 102 Å². The minimum Gasteiger partial charge on any atom is -0.497 e. The lowest BCUT2D eigenvalue weighted by molar-refractivity contribution is -0.129. The third kappa shape index (κ3) is 3.55. The van der Waals surface area contributed by atoms with Gasteiger partial charge < -0.3 is 20.7 Å². The van der Waals surface area contributed by atoms with E-state index < -0.39 is 0 Å². The zero-order valence-electron chi connectivity index (χ0n) is 10.7. The molecule has 0 aromatic heterocycles. The fraction of sp³-hybridized carbons (Fsp3) is 0.417. The molecule has 0 saturated heterocycles. The second kappa shape index (κ2) is 5.43. The Morgan fingerprint density at radius 2 is 2.06 bits per heavy atom. The van der Waals surface area contributed by atoms with Crippen LogP contribution in [0.15, 0.2) is 18.2 Å². The topological polar surface area (TPSA) is 67.6 Å². The number of carbonyl (C=O) groups excluding carboxylic acids is 1. The molecule has 3 N–H and O–H groups in total. The summed E-state index contributed by atoms with van der Waals surface area (Å²) < 4.78 is 5.11. The van der Waals surface area contributed by atoms with Gasteiger partial charge in [0.15, 0.2) is 0 Å². The standard InChI is InChI=1S/C12H19N3O2/c1-8(12(16)15(2)3)14-10-5-9(13)6-11(7-10)17-4/h5-8,14H,13H2,1-4H3. The number of anilines is 2. The van der Waals surface area contributed by atoms with Crippen LogP contribution in [0, 0.1) is 0 Å². The van der Waals surface area contributed by atoms with Gasteiger partial charge in [0.05, 0.1) is 7.11 Å². The summed E-state index contributed by atoms with van der Waals surface area (Å²) in [4.78, 5) is 13.2. The van der Waals surface area contributed by atoms with Crippen molar-refractivity contribution in [2.45, 2.75) is 13.0 Å². The highest BCUT2D eigenvalue weighted by Gasteiger charge is 2.14. The van der Waals surface area contributed by atoms with Gasteiger partial charge in [0.2, 0.25) is 5.91 Å².